The average molecular weight is 503 g/mol. The minimum absolute atomic E-state index is 0.0976. The van der Waals surface area contributed by atoms with E-state index < -0.39 is 29.2 Å². The average Bonchev–Trinajstić information content (AvgIpc) is 3.16. The molecule has 0 saturated heterocycles. The zero-order valence-corrected chi connectivity index (χ0v) is 21.0. The molecule has 8 nitrogen and oxygen atoms in total. The van der Waals surface area contributed by atoms with Crippen molar-refractivity contribution in [1.29, 1.82) is 0 Å². The molecule has 0 unspecified atom stereocenters. The third-order valence-electron chi connectivity index (χ3n) is 6.22. The van der Waals surface area contributed by atoms with E-state index >= 15 is 0 Å². The molecule has 4 N–H and O–H groups in total. The summed E-state index contributed by atoms with van der Waals surface area (Å²) in [6.07, 6.45) is -1.41. The minimum Gasteiger partial charge on any atom is -0.479 e. The monoisotopic (exact) mass is 502 g/mol. The number of alkyl carbamates (subject to hydrolysis) is 1. The standard InChI is InChI=1S/C29H30N2O6/c1-28(2,3)37-27(35)31-29(25(32)33,16-18-12-14-19(30)15-13-18)26(34)36-17-24-22-10-6-4-8-20(22)21-9-5-7-11-23(21)24/h4-15,24H,16-17,30H2,1-3H3,(H,31,35)(H,32,33)/t29-/m0/s1. The first-order valence-electron chi connectivity index (χ1n) is 11.9. The van der Waals surface area contributed by atoms with E-state index in [2.05, 4.69) is 5.32 Å². The predicted molar refractivity (Wildman–Crippen MR) is 139 cm³/mol. The Bertz CT molecular complexity index is 1280. The fourth-order valence-corrected chi connectivity index (χ4v) is 4.52. The van der Waals surface area contributed by atoms with Gasteiger partial charge >= 0.3 is 18.0 Å². The Morgan fingerprint density at radius 3 is 1.95 bits per heavy atom. The molecule has 0 radical (unpaired) electrons. The summed E-state index contributed by atoms with van der Waals surface area (Å²) in [6.45, 7) is 4.83. The normalized spacial score (nSPS) is 14.1. The number of hydrogen-bond acceptors (Lipinski definition) is 6. The molecular formula is C29H30N2O6. The second-order valence-electron chi connectivity index (χ2n) is 10.1. The van der Waals surface area contributed by atoms with Crippen molar-refractivity contribution in [2.75, 3.05) is 12.3 Å². The molecule has 0 saturated carbocycles. The quantitative estimate of drug-likeness (QED) is 0.246. The maximum Gasteiger partial charge on any atom is 0.409 e. The van der Waals surface area contributed by atoms with Crippen LogP contribution in [-0.4, -0.2) is 40.9 Å². The van der Waals surface area contributed by atoms with E-state index in [0.29, 0.717) is 11.3 Å². The Morgan fingerprint density at radius 2 is 1.43 bits per heavy atom. The molecule has 3 aromatic rings. The number of nitrogens with two attached hydrogens (primary N) is 1. The molecule has 0 aromatic heterocycles. The summed E-state index contributed by atoms with van der Waals surface area (Å²) in [5.74, 6) is -2.93. The molecule has 0 heterocycles. The highest BCUT2D eigenvalue weighted by molar-refractivity contribution is 6.07. The number of fused-ring (bicyclic) bond motifs is 3. The number of aliphatic carboxylic acids is 1. The molecule has 1 aliphatic carbocycles. The number of nitrogens with one attached hydrogen (secondary N) is 1. The lowest BCUT2D eigenvalue weighted by Crippen LogP contribution is -2.63. The third-order valence-corrected chi connectivity index (χ3v) is 6.22. The van der Waals surface area contributed by atoms with Crippen LogP contribution in [0.3, 0.4) is 0 Å². The van der Waals surface area contributed by atoms with Crippen molar-refractivity contribution in [2.45, 2.75) is 44.2 Å². The topological polar surface area (TPSA) is 128 Å². The fraction of sp³-hybridized carbons (Fsp3) is 0.276. The summed E-state index contributed by atoms with van der Waals surface area (Å²) in [6, 6.07) is 22.0. The molecule has 1 aliphatic rings. The van der Waals surface area contributed by atoms with E-state index in [-0.39, 0.29) is 18.9 Å². The molecule has 8 heteroatoms. The Labute approximate surface area is 215 Å². The predicted octanol–water partition coefficient (Wildman–Crippen LogP) is 4.52. The molecule has 0 fully saturated rings. The van der Waals surface area contributed by atoms with Crippen LogP contribution in [0.1, 0.15) is 43.4 Å². The third kappa shape index (κ3) is 5.43. The number of amides is 1. The number of benzene rings is 3. The van der Waals surface area contributed by atoms with Crippen LogP contribution in [0, 0.1) is 0 Å². The van der Waals surface area contributed by atoms with Crippen LogP contribution in [0.2, 0.25) is 0 Å². The lowest BCUT2D eigenvalue weighted by molar-refractivity contribution is -0.163. The lowest BCUT2D eigenvalue weighted by Gasteiger charge is -2.30. The van der Waals surface area contributed by atoms with Gasteiger partial charge in [-0.1, -0.05) is 60.7 Å². The zero-order valence-electron chi connectivity index (χ0n) is 21.0. The summed E-state index contributed by atoms with van der Waals surface area (Å²) in [5, 5.41) is 12.6. The second-order valence-corrected chi connectivity index (χ2v) is 10.1. The van der Waals surface area contributed by atoms with Gasteiger partial charge in [0.05, 0.1) is 0 Å². The highest BCUT2D eigenvalue weighted by Crippen LogP contribution is 2.44. The van der Waals surface area contributed by atoms with Crippen LogP contribution in [0.25, 0.3) is 11.1 Å². The van der Waals surface area contributed by atoms with Crippen molar-refractivity contribution in [3.05, 3.63) is 89.5 Å². The van der Waals surface area contributed by atoms with E-state index in [4.69, 9.17) is 15.2 Å². The number of hydrogen-bond donors (Lipinski definition) is 3. The number of ether oxygens (including phenoxy) is 2. The van der Waals surface area contributed by atoms with Gasteiger partial charge in [0.15, 0.2) is 0 Å². The minimum atomic E-state index is -2.42. The molecule has 3 aromatic carbocycles. The van der Waals surface area contributed by atoms with Gasteiger partial charge in [-0.2, -0.15) is 0 Å². The summed E-state index contributed by atoms with van der Waals surface area (Å²) in [5.41, 5.74) is 7.43. The van der Waals surface area contributed by atoms with Crippen LogP contribution >= 0.6 is 0 Å². The number of carbonyl (C=O) groups is 3. The Balaban J connectivity index is 1.64. The van der Waals surface area contributed by atoms with E-state index in [1.165, 1.54) is 0 Å². The molecule has 1 amide bonds. The Hall–Kier alpha value is -4.33. The van der Waals surface area contributed by atoms with Crippen molar-refractivity contribution < 1.29 is 29.0 Å². The molecule has 192 valence electrons. The van der Waals surface area contributed by atoms with Crippen molar-refractivity contribution >= 4 is 23.7 Å². The maximum absolute atomic E-state index is 13.6. The highest BCUT2D eigenvalue weighted by atomic mass is 16.6. The Kier molecular flexibility index (Phi) is 6.94. The summed E-state index contributed by atoms with van der Waals surface area (Å²) in [4.78, 5) is 38.9. The summed E-state index contributed by atoms with van der Waals surface area (Å²) in [7, 11) is 0. The molecule has 0 bridgehead atoms. The van der Waals surface area contributed by atoms with Crippen molar-refractivity contribution in [1.82, 2.24) is 5.32 Å². The first kappa shape index (κ1) is 25.8. The van der Waals surface area contributed by atoms with Crippen molar-refractivity contribution in [2.24, 2.45) is 0 Å². The second kappa shape index (κ2) is 9.97. The van der Waals surface area contributed by atoms with Crippen LogP contribution in [-0.2, 0) is 25.5 Å². The fourth-order valence-electron chi connectivity index (χ4n) is 4.52. The first-order valence-corrected chi connectivity index (χ1v) is 11.9. The van der Waals surface area contributed by atoms with Gasteiger partial charge in [0, 0.05) is 18.0 Å². The number of esters is 1. The van der Waals surface area contributed by atoms with Gasteiger partial charge in [0.1, 0.15) is 12.2 Å². The van der Waals surface area contributed by atoms with Gasteiger partial charge in [-0.15, -0.1) is 0 Å². The zero-order chi connectivity index (χ0) is 26.8. The van der Waals surface area contributed by atoms with Crippen molar-refractivity contribution in [3.63, 3.8) is 0 Å². The molecule has 1 atom stereocenters. The van der Waals surface area contributed by atoms with E-state index in [0.717, 1.165) is 22.3 Å². The molecule has 0 spiro atoms. The number of carbonyl (C=O) groups excluding carboxylic acids is 2. The number of nitrogen functional groups attached to an aromatic ring is 1. The van der Waals surface area contributed by atoms with Crippen LogP contribution in [0.5, 0.6) is 0 Å². The van der Waals surface area contributed by atoms with Gasteiger partial charge < -0.3 is 20.3 Å². The number of anilines is 1. The van der Waals surface area contributed by atoms with Crippen molar-refractivity contribution in [3.8, 4) is 11.1 Å². The smallest absolute Gasteiger partial charge is 0.409 e. The van der Waals surface area contributed by atoms with E-state index in [1.807, 2.05) is 48.5 Å². The Morgan fingerprint density at radius 1 is 0.892 bits per heavy atom. The van der Waals surface area contributed by atoms with Crippen LogP contribution in [0.4, 0.5) is 10.5 Å². The van der Waals surface area contributed by atoms with Gasteiger partial charge in [-0.25, -0.2) is 14.4 Å². The molecule has 37 heavy (non-hydrogen) atoms. The lowest BCUT2D eigenvalue weighted by atomic mass is 9.90. The van der Waals surface area contributed by atoms with Gasteiger partial charge in [0.2, 0.25) is 5.54 Å². The number of carboxylic acids is 1. The summed E-state index contributed by atoms with van der Waals surface area (Å²) >= 11 is 0. The summed E-state index contributed by atoms with van der Waals surface area (Å²) < 4.78 is 11.0. The highest BCUT2D eigenvalue weighted by Gasteiger charge is 2.51. The van der Waals surface area contributed by atoms with E-state index in [1.54, 1.807) is 45.0 Å². The van der Waals surface area contributed by atoms with Gasteiger partial charge in [-0.05, 0) is 60.7 Å². The molecule has 4 rings (SSSR count). The first-order chi connectivity index (χ1) is 17.5. The molecule has 0 aliphatic heterocycles. The number of rotatable bonds is 7. The van der Waals surface area contributed by atoms with Crippen LogP contribution < -0.4 is 11.1 Å². The maximum atomic E-state index is 13.6. The molecular weight excluding hydrogens is 472 g/mol. The largest absolute Gasteiger partial charge is 0.479 e. The van der Waals surface area contributed by atoms with E-state index in [9.17, 15) is 19.5 Å². The SMILES string of the molecule is CC(C)(C)OC(=O)N[C@@](Cc1ccc(N)cc1)(C(=O)O)C(=O)OCC1c2ccccc2-c2ccccc21. The van der Waals surface area contributed by atoms with Gasteiger partial charge in [-0.3, -0.25) is 5.32 Å². The van der Waals surface area contributed by atoms with Crippen LogP contribution in [0.15, 0.2) is 72.8 Å². The van der Waals surface area contributed by atoms with Gasteiger partial charge in [0.25, 0.3) is 0 Å². The number of carboxylic acid groups (broad SMARTS) is 1.